The van der Waals surface area contributed by atoms with Crippen molar-refractivity contribution in [2.45, 2.75) is 31.7 Å². The number of urea groups is 1. The first-order chi connectivity index (χ1) is 7.24. The van der Waals surface area contributed by atoms with Crippen molar-refractivity contribution in [3.05, 3.63) is 16.8 Å². The van der Waals surface area contributed by atoms with Gasteiger partial charge in [0.2, 0.25) is 5.88 Å². The van der Waals surface area contributed by atoms with Gasteiger partial charge in [0.1, 0.15) is 0 Å². The highest BCUT2D eigenvalue weighted by Crippen LogP contribution is 2.19. The Morgan fingerprint density at radius 1 is 1.40 bits per heavy atom. The zero-order valence-electron chi connectivity index (χ0n) is 8.25. The SMILES string of the molecule is O=C(Nc1ccc(Br)o1)NC1CCCC1. The predicted octanol–water partition coefficient (Wildman–Crippen LogP) is 3.11. The number of carbonyl (C=O) groups is 1. The van der Waals surface area contributed by atoms with Gasteiger partial charge >= 0.3 is 6.03 Å². The Labute approximate surface area is 96.5 Å². The van der Waals surface area contributed by atoms with Crippen molar-refractivity contribution < 1.29 is 9.21 Å². The molecule has 2 rings (SSSR count). The van der Waals surface area contributed by atoms with Crippen molar-refractivity contribution in [1.82, 2.24) is 5.32 Å². The van der Waals surface area contributed by atoms with Gasteiger partial charge < -0.3 is 9.73 Å². The molecule has 2 amide bonds. The maximum absolute atomic E-state index is 11.5. The second kappa shape index (κ2) is 4.70. The van der Waals surface area contributed by atoms with E-state index in [0.717, 1.165) is 12.8 Å². The summed E-state index contributed by atoms with van der Waals surface area (Å²) in [5.74, 6) is 0.456. The van der Waals surface area contributed by atoms with Gasteiger partial charge in [-0.15, -0.1) is 0 Å². The number of hydrogen-bond acceptors (Lipinski definition) is 2. The van der Waals surface area contributed by atoms with E-state index in [9.17, 15) is 4.79 Å². The maximum Gasteiger partial charge on any atom is 0.321 e. The van der Waals surface area contributed by atoms with Crippen molar-refractivity contribution in [1.29, 1.82) is 0 Å². The van der Waals surface area contributed by atoms with Crippen LogP contribution in [0.2, 0.25) is 0 Å². The van der Waals surface area contributed by atoms with E-state index in [0.29, 0.717) is 16.6 Å². The van der Waals surface area contributed by atoms with Crippen LogP contribution >= 0.6 is 15.9 Å². The molecule has 0 aliphatic heterocycles. The quantitative estimate of drug-likeness (QED) is 0.869. The topological polar surface area (TPSA) is 54.3 Å². The molecule has 0 atom stereocenters. The largest absolute Gasteiger partial charge is 0.434 e. The molecule has 4 nitrogen and oxygen atoms in total. The molecule has 0 unspecified atom stereocenters. The minimum Gasteiger partial charge on any atom is -0.434 e. The van der Waals surface area contributed by atoms with Crippen LogP contribution in [-0.4, -0.2) is 12.1 Å². The number of nitrogens with one attached hydrogen (secondary N) is 2. The van der Waals surface area contributed by atoms with Crippen LogP contribution in [0.4, 0.5) is 10.7 Å². The zero-order chi connectivity index (χ0) is 10.7. The molecule has 82 valence electrons. The molecule has 0 radical (unpaired) electrons. The summed E-state index contributed by atoms with van der Waals surface area (Å²) in [6.45, 7) is 0. The van der Waals surface area contributed by atoms with Gasteiger partial charge in [-0.25, -0.2) is 4.79 Å². The molecular weight excluding hydrogens is 260 g/mol. The van der Waals surface area contributed by atoms with Crippen LogP contribution in [0.5, 0.6) is 0 Å². The minimum absolute atomic E-state index is 0.191. The number of anilines is 1. The van der Waals surface area contributed by atoms with Crippen molar-refractivity contribution in [3.8, 4) is 0 Å². The van der Waals surface area contributed by atoms with Crippen molar-refractivity contribution in [3.63, 3.8) is 0 Å². The summed E-state index contributed by atoms with van der Waals surface area (Å²) in [4.78, 5) is 11.5. The van der Waals surface area contributed by atoms with Crippen LogP contribution in [0.3, 0.4) is 0 Å². The Hall–Kier alpha value is -0.970. The fourth-order valence-corrected chi connectivity index (χ4v) is 2.09. The summed E-state index contributed by atoms with van der Waals surface area (Å²) in [5, 5.41) is 5.55. The van der Waals surface area contributed by atoms with Crippen molar-refractivity contribution in [2.24, 2.45) is 0 Å². The fraction of sp³-hybridized carbons (Fsp3) is 0.500. The highest BCUT2D eigenvalue weighted by molar-refractivity contribution is 9.10. The number of furan rings is 1. The maximum atomic E-state index is 11.5. The first-order valence-corrected chi connectivity index (χ1v) is 5.86. The Bertz CT molecular complexity index is 345. The van der Waals surface area contributed by atoms with Crippen LogP contribution < -0.4 is 10.6 Å². The lowest BCUT2D eigenvalue weighted by atomic mass is 10.3. The molecule has 1 aliphatic carbocycles. The van der Waals surface area contributed by atoms with E-state index in [1.54, 1.807) is 12.1 Å². The molecule has 1 aromatic heterocycles. The van der Waals surface area contributed by atoms with Gasteiger partial charge in [0, 0.05) is 12.1 Å². The van der Waals surface area contributed by atoms with Crippen molar-refractivity contribution >= 4 is 27.8 Å². The molecule has 0 bridgehead atoms. The average Bonchev–Trinajstić information content (AvgIpc) is 2.77. The second-order valence-corrected chi connectivity index (χ2v) is 4.47. The van der Waals surface area contributed by atoms with Gasteiger partial charge in [0.25, 0.3) is 0 Å². The van der Waals surface area contributed by atoms with Gasteiger partial charge in [-0.05, 0) is 34.8 Å². The summed E-state index contributed by atoms with van der Waals surface area (Å²) in [6.07, 6.45) is 4.57. The molecule has 1 heterocycles. The normalized spacial score (nSPS) is 16.6. The lowest BCUT2D eigenvalue weighted by Gasteiger charge is -2.11. The van der Waals surface area contributed by atoms with Crippen LogP contribution in [0.1, 0.15) is 25.7 Å². The highest BCUT2D eigenvalue weighted by Gasteiger charge is 2.17. The standard InChI is InChI=1S/C10H13BrN2O2/c11-8-5-6-9(15-8)13-10(14)12-7-3-1-2-4-7/h5-7H,1-4H2,(H2,12,13,14). The number of rotatable bonds is 2. The Kier molecular flexibility index (Phi) is 3.30. The van der Waals surface area contributed by atoms with Gasteiger partial charge in [-0.3, -0.25) is 5.32 Å². The highest BCUT2D eigenvalue weighted by atomic mass is 79.9. The first-order valence-electron chi connectivity index (χ1n) is 5.07. The zero-order valence-corrected chi connectivity index (χ0v) is 9.84. The molecule has 0 aromatic carbocycles. The van der Waals surface area contributed by atoms with Crippen molar-refractivity contribution in [2.75, 3.05) is 5.32 Å². The van der Waals surface area contributed by atoms with Crippen LogP contribution in [-0.2, 0) is 0 Å². The minimum atomic E-state index is -0.191. The molecule has 2 N–H and O–H groups in total. The van der Waals surface area contributed by atoms with Gasteiger partial charge in [0.05, 0.1) is 0 Å². The van der Waals surface area contributed by atoms with Gasteiger partial charge in [-0.1, -0.05) is 12.8 Å². The third-order valence-corrected chi connectivity index (χ3v) is 2.93. The molecule has 15 heavy (non-hydrogen) atoms. The van der Waals surface area contributed by atoms with E-state index in [4.69, 9.17) is 4.42 Å². The summed E-state index contributed by atoms with van der Waals surface area (Å²) >= 11 is 3.17. The number of carbonyl (C=O) groups excluding carboxylic acids is 1. The number of hydrogen-bond donors (Lipinski definition) is 2. The first kappa shape index (κ1) is 10.5. The van der Waals surface area contributed by atoms with Crippen LogP contribution in [0.25, 0.3) is 0 Å². The molecule has 1 aromatic rings. The smallest absolute Gasteiger partial charge is 0.321 e. The summed E-state index contributed by atoms with van der Waals surface area (Å²) in [7, 11) is 0. The van der Waals surface area contributed by atoms with Gasteiger partial charge in [-0.2, -0.15) is 0 Å². The van der Waals surface area contributed by atoms with E-state index < -0.39 is 0 Å². The molecule has 1 fully saturated rings. The third kappa shape index (κ3) is 2.99. The molecule has 1 saturated carbocycles. The van der Waals surface area contributed by atoms with Crippen LogP contribution in [0, 0.1) is 0 Å². The second-order valence-electron chi connectivity index (χ2n) is 3.68. The third-order valence-electron chi connectivity index (χ3n) is 2.50. The molecule has 0 spiro atoms. The molecule has 5 heteroatoms. The Morgan fingerprint density at radius 2 is 2.13 bits per heavy atom. The van der Waals surface area contributed by atoms with E-state index >= 15 is 0 Å². The number of halogens is 1. The van der Waals surface area contributed by atoms with Gasteiger partial charge in [0.15, 0.2) is 4.67 Å². The fourth-order valence-electron chi connectivity index (χ4n) is 1.78. The van der Waals surface area contributed by atoms with E-state index in [1.165, 1.54) is 12.8 Å². The lowest BCUT2D eigenvalue weighted by Crippen LogP contribution is -2.36. The average molecular weight is 273 g/mol. The van der Waals surface area contributed by atoms with Crippen LogP contribution in [0.15, 0.2) is 21.2 Å². The van der Waals surface area contributed by atoms with E-state index in [2.05, 4.69) is 26.6 Å². The molecule has 1 aliphatic rings. The Morgan fingerprint density at radius 3 is 2.73 bits per heavy atom. The predicted molar refractivity (Wildman–Crippen MR) is 60.8 cm³/mol. The lowest BCUT2D eigenvalue weighted by molar-refractivity contribution is 0.248. The monoisotopic (exact) mass is 272 g/mol. The molecular formula is C10H13BrN2O2. The van der Waals surface area contributed by atoms with E-state index in [-0.39, 0.29) is 6.03 Å². The summed E-state index contributed by atoms with van der Waals surface area (Å²) in [5.41, 5.74) is 0. The Balaban J connectivity index is 1.81. The van der Waals surface area contributed by atoms with E-state index in [1.807, 2.05) is 0 Å². The summed E-state index contributed by atoms with van der Waals surface area (Å²) < 4.78 is 5.77. The number of amides is 2. The summed E-state index contributed by atoms with van der Waals surface area (Å²) in [6, 6.07) is 3.58. The molecule has 0 saturated heterocycles.